The summed E-state index contributed by atoms with van der Waals surface area (Å²) in [5.41, 5.74) is 5.25. The molecule has 5 heteroatoms. The molecule has 2 rings (SSSR count). The Morgan fingerprint density at radius 3 is 2.65 bits per heavy atom. The van der Waals surface area contributed by atoms with E-state index in [4.69, 9.17) is 0 Å². The van der Waals surface area contributed by atoms with Crippen LogP contribution in [0.2, 0.25) is 0 Å². The number of hydrogen-bond donors (Lipinski definition) is 1. The van der Waals surface area contributed by atoms with E-state index in [1.165, 1.54) is 4.88 Å². The van der Waals surface area contributed by atoms with Gasteiger partial charge in [-0.15, -0.1) is 11.3 Å². The Labute approximate surface area is 124 Å². The minimum absolute atomic E-state index is 0.332. The molecule has 0 bridgehead atoms. The SMILES string of the molecule is CCC(NC)c1ccc(N(C)Cc2scnc2C)cn1. The number of nitrogens with zero attached hydrogens (tertiary/aromatic N) is 3. The van der Waals surface area contributed by atoms with Crippen molar-refractivity contribution in [2.45, 2.75) is 32.9 Å². The van der Waals surface area contributed by atoms with Gasteiger partial charge in [-0.2, -0.15) is 0 Å². The Morgan fingerprint density at radius 2 is 2.15 bits per heavy atom. The number of pyridine rings is 1. The zero-order chi connectivity index (χ0) is 14.5. The van der Waals surface area contributed by atoms with Crippen LogP contribution in [0.25, 0.3) is 0 Å². The van der Waals surface area contributed by atoms with Crippen LogP contribution in [0.4, 0.5) is 5.69 Å². The summed E-state index contributed by atoms with van der Waals surface area (Å²) in [5, 5.41) is 3.28. The van der Waals surface area contributed by atoms with Crippen LogP contribution in [0.5, 0.6) is 0 Å². The van der Waals surface area contributed by atoms with Gasteiger partial charge in [-0.1, -0.05) is 6.92 Å². The first-order valence-corrected chi connectivity index (χ1v) is 7.77. The fourth-order valence-corrected chi connectivity index (χ4v) is 3.00. The lowest BCUT2D eigenvalue weighted by Gasteiger charge is -2.20. The van der Waals surface area contributed by atoms with Crippen LogP contribution < -0.4 is 10.2 Å². The summed E-state index contributed by atoms with van der Waals surface area (Å²) in [6, 6.07) is 4.58. The number of thiazole rings is 1. The molecule has 1 unspecified atom stereocenters. The second kappa shape index (κ2) is 6.81. The summed E-state index contributed by atoms with van der Waals surface area (Å²) < 4.78 is 0. The summed E-state index contributed by atoms with van der Waals surface area (Å²) in [7, 11) is 4.06. The Balaban J connectivity index is 2.07. The molecule has 0 spiro atoms. The van der Waals surface area contributed by atoms with E-state index in [2.05, 4.69) is 53.2 Å². The predicted octanol–water partition coefficient (Wildman–Crippen LogP) is 3.15. The molecular weight excluding hydrogens is 268 g/mol. The maximum atomic E-state index is 4.58. The van der Waals surface area contributed by atoms with Gasteiger partial charge >= 0.3 is 0 Å². The van der Waals surface area contributed by atoms with Crippen molar-refractivity contribution in [2.24, 2.45) is 0 Å². The maximum absolute atomic E-state index is 4.58. The highest BCUT2D eigenvalue weighted by atomic mass is 32.1. The molecule has 2 aromatic heterocycles. The largest absolute Gasteiger partial charge is 0.368 e. The number of aryl methyl sites for hydroxylation is 1. The molecule has 0 aliphatic carbocycles. The van der Waals surface area contributed by atoms with Crippen molar-refractivity contribution in [3.8, 4) is 0 Å². The third kappa shape index (κ3) is 3.35. The van der Waals surface area contributed by atoms with Gasteiger partial charge in [0.25, 0.3) is 0 Å². The molecule has 4 nitrogen and oxygen atoms in total. The van der Waals surface area contributed by atoms with Crippen LogP contribution in [0, 0.1) is 6.92 Å². The Hall–Kier alpha value is -1.46. The van der Waals surface area contributed by atoms with Crippen LogP contribution in [0.3, 0.4) is 0 Å². The molecule has 20 heavy (non-hydrogen) atoms. The van der Waals surface area contributed by atoms with Gasteiger partial charge in [-0.25, -0.2) is 4.98 Å². The van der Waals surface area contributed by atoms with Crippen LogP contribution >= 0.6 is 11.3 Å². The summed E-state index contributed by atoms with van der Waals surface area (Å²) in [6.45, 7) is 5.09. The molecule has 0 aliphatic rings. The molecule has 2 aromatic rings. The van der Waals surface area contributed by atoms with Crippen molar-refractivity contribution in [1.82, 2.24) is 15.3 Å². The lowest BCUT2D eigenvalue weighted by molar-refractivity contribution is 0.561. The first kappa shape index (κ1) is 14.9. The molecule has 2 heterocycles. The van der Waals surface area contributed by atoms with Gasteiger partial charge in [0.1, 0.15) is 0 Å². The molecule has 0 saturated heterocycles. The Bertz CT molecular complexity index is 531. The fraction of sp³-hybridized carbons (Fsp3) is 0.467. The van der Waals surface area contributed by atoms with Gasteiger partial charge in [0.2, 0.25) is 0 Å². The van der Waals surface area contributed by atoms with E-state index in [0.29, 0.717) is 6.04 Å². The van der Waals surface area contributed by atoms with Crippen molar-refractivity contribution in [1.29, 1.82) is 0 Å². The normalized spacial score (nSPS) is 12.4. The van der Waals surface area contributed by atoms with E-state index in [1.807, 2.05) is 18.8 Å². The number of aromatic nitrogens is 2. The molecular formula is C15H22N4S. The summed E-state index contributed by atoms with van der Waals surface area (Å²) in [6.07, 6.45) is 2.99. The van der Waals surface area contributed by atoms with Crippen molar-refractivity contribution in [2.75, 3.05) is 19.0 Å². The highest BCUT2D eigenvalue weighted by Gasteiger charge is 2.10. The first-order valence-electron chi connectivity index (χ1n) is 6.89. The highest BCUT2D eigenvalue weighted by molar-refractivity contribution is 7.09. The Kier molecular flexibility index (Phi) is 5.09. The second-order valence-corrected chi connectivity index (χ2v) is 5.85. The average molecular weight is 290 g/mol. The second-order valence-electron chi connectivity index (χ2n) is 4.91. The Morgan fingerprint density at radius 1 is 1.35 bits per heavy atom. The van der Waals surface area contributed by atoms with Gasteiger partial charge in [0.15, 0.2) is 0 Å². The molecule has 0 radical (unpaired) electrons. The van der Waals surface area contributed by atoms with E-state index in [9.17, 15) is 0 Å². The standard InChI is InChI=1S/C15H22N4S/c1-5-13(16-3)14-7-6-12(8-17-14)19(4)9-15-11(2)18-10-20-15/h6-8,10,13,16H,5,9H2,1-4H3. The first-order chi connectivity index (χ1) is 9.65. The number of rotatable bonds is 6. The van der Waals surface area contributed by atoms with E-state index >= 15 is 0 Å². The summed E-state index contributed by atoms with van der Waals surface area (Å²) >= 11 is 1.70. The van der Waals surface area contributed by atoms with E-state index in [-0.39, 0.29) is 0 Å². The molecule has 0 amide bonds. The molecule has 0 aromatic carbocycles. The topological polar surface area (TPSA) is 41.0 Å². The molecule has 0 saturated carbocycles. The molecule has 0 aliphatic heterocycles. The van der Waals surface area contributed by atoms with Crippen molar-refractivity contribution in [3.05, 3.63) is 40.1 Å². The average Bonchev–Trinajstić information content (AvgIpc) is 2.86. The summed E-state index contributed by atoms with van der Waals surface area (Å²) in [4.78, 5) is 12.4. The monoisotopic (exact) mass is 290 g/mol. The minimum atomic E-state index is 0.332. The zero-order valence-electron chi connectivity index (χ0n) is 12.6. The molecule has 108 valence electrons. The third-order valence-corrected chi connectivity index (χ3v) is 4.47. The predicted molar refractivity (Wildman–Crippen MR) is 85.3 cm³/mol. The summed E-state index contributed by atoms with van der Waals surface area (Å²) in [5.74, 6) is 0. The van der Waals surface area contributed by atoms with Crippen LogP contribution in [0.15, 0.2) is 23.8 Å². The van der Waals surface area contributed by atoms with Crippen LogP contribution in [-0.2, 0) is 6.54 Å². The van der Waals surface area contributed by atoms with Gasteiger partial charge in [-0.05, 0) is 32.5 Å². The number of hydrogen-bond acceptors (Lipinski definition) is 5. The van der Waals surface area contributed by atoms with Crippen LogP contribution in [0.1, 0.15) is 35.7 Å². The third-order valence-electron chi connectivity index (χ3n) is 3.55. The zero-order valence-corrected chi connectivity index (χ0v) is 13.4. The molecule has 1 atom stereocenters. The van der Waals surface area contributed by atoms with Gasteiger partial charge < -0.3 is 10.2 Å². The number of anilines is 1. The van der Waals surface area contributed by atoms with Crippen molar-refractivity contribution >= 4 is 17.0 Å². The van der Waals surface area contributed by atoms with Crippen LogP contribution in [-0.4, -0.2) is 24.1 Å². The number of nitrogens with one attached hydrogen (secondary N) is 1. The highest BCUT2D eigenvalue weighted by Crippen LogP contribution is 2.21. The lowest BCUT2D eigenvalue weighted by Crippen LogP contribution is -2.19. The van der Waals surface area contributed by atoms with Crippen molar-refractivity contribution < 1.29 is 0 Å². The van der Waals surface area contributed by atoms with E-state index in [0.717, 1.165) is 30.0 Å². The lowest BCUT2D eigenvalue weighted by atomic mass is 10.1. The van der Waals surface area contributed by atoms with Gasteiger partial charge in [0, 0.05) is 18.0 Å². The van der Waals surface area contributed by atoms with Crippen molar-refractivity contribution in [3.63, 3.8) is 0 Å². The molecule has 1 N–H and O–H groups in total. The van der Waals surface area contributed by atoms with E-state index < -0.39 is 0 Å². The smallest absolute Gasteiger partial charge is 0.0798 e. The minimum Gasteiger partial charge on any atom is -0.368 e. The van der Waals surface area contributed by atoms with E-state index in [1.54, 1.807) is 11.3 Å². The maximum Gasteiger partial charge on any atom is 0.0798 e. The quantitative estimate of drug-likeness (QED) is 0.887. The fourth-order valence-electron chi connectivity index (χ4n) is 2.18. The van der Waals surface area contributed by atoms with Gasteiger partial charge in [-0.3, -0.25) is 4.98 Å². The van der Waals surface area contributed by atoms with Gasteiger partial charge in [0.05, 0.1) is 35.3 Å². The molecule has 0 fully saturated rings.